The quantitative estimate of drug-likeness (QED) is 0.255. The first-order valence-corrected chi connectivity index (χ1v) is 12.4. The highest BCUT2D eigenvalue weighted by molar-refractivity contribution is 6.01. The Morgan fingerprint density at radius 2 is 1.47 bits per heavy atom. The number of halogens is 1. The molecule has 0 amide bonds. The molecule has 0 atom stereocenters. The Morgan fingerprint density at radius 3 is 2.17 bits per heavy atom. The maximum absolute atomic E-state index is 14.5. The number of allylic oxidation sites excluding steroid dienone is 1. The number of aromatic nitrogens is 3. The van der Waals surface area contributed by atoms with Crippen LogP contribution in [-0.4, -0.2) is 15.2 Å². The predicted molar refractivity (Wildman–Crippen MR) is 145 cm³/mol. The molecular formula is C32H26FN3. The van der Waals surface area contributed by atoms with Crippen LogP contribution in [0.4, 0.5) is 4.39 Å². The first-order chi connectivity index (χ1) is 17.8. The van der Waals surface area contributed by atoms with E-state index >= 15 is 0 Å². The first kappa shape index (κ1) is 22.2. The summed E-state index contributed by atoms with van der Waals surface area (Å²) in [5, 5.41) is 7.07. The van der Waals surface area contributed by atoms with Crippen molar-refractivity contribution in [2.45, 2.75) is 19.3 Å². The number of rotatable bonds is 6. The number of benzene rings is 3. The first-order valence-electron chi connectivity index (χ1n) is 12.4. The molecule has 0 spiro atoms. The van der Waals surface area contributed by atoms with Gasteiger partial charge in [-0.15, -0.1) is 5.10 Å². The number of hydrogen-bond acceptors (Lipinski definition) is 2. The van der Waals surface area contributed by atoms with Gasteiger partial charge in [-0.1, -0.05) is 79.2 Å². The molecule has 1 saturated carbocycles. The van der Waals surface area contributed by atoms with E-state index in [0.29, 0.717) is 16.8 Å². The molecule has 0 bridgehead atoms. The summed E-state index contributed by atoms with van der Waals surface area (Å²) in [7, 11) is 0. The van der Waals surface area contributed by atoms with Crippen molar-refractivity contribution in [2.75, 3.05) is 0 Å². The Labute approximate surface area is 210 Å². The lowest BCUT2D eigenvalue weighted by Crippen LogP contribution is -2.15. The molecular weight excluding hydrogens is 445 g/mol. The van der Waals surface area contributed by atoms with E-state index in [9.17, 15) is 4.39 Å². The number of H-pyrrole nitrogens is 1. The standard InChI is InChI=1S/C32H26FN3/c33-32-28-21-27(15-16-29(28)35-36-32)31(30(25-7-4-8-25)24-5-2-1-3-6-24)26-13-11-22(12-14-26)9-10-23-17-19-34-20-18-23/h1-3,5-6,9-21,25H,4,7-8H2,(H,35,36)/b10-9+,31-30-. The average molecular weight is 472 g/mol. The summed E-state index contributed by atoms with van der Waals surface area (Å²) >= 11 is 0. The summed E-state index contributed by atoms with van der Waals surface area (Å²) in [4.78, 5) is 4.08. The molecule has 4 heteroatoms. The van der Waals surface area contributed by atoms with Gasteiger partial charge in [-0.05, 0) is 82.0 Å². The summed E-state index contributed by atoms with van der Waals surface area (Å²) in [5.41, 5.74) is 8.81. The van der Waals surface area contributed by atoms with Crippen LogP contribution in [0.5, 0.6) is 0 Å². The van der Waals surface area contributed by atoms with Gasteiger partial charge < -0.3 is 0 Å². The molecule has 1 aliphatic rings. The fraction of sp³-hybridized carbons (Fsp3) is 0.125. The highest BCUT2D eigenvalue weighted by Crippen LogP contribution is 2.45. The normalized spacial score (nSPS) is 14.7. The van der Waals surface area contributed by atoms with E-state index in [1.165, 1.54) is 30.4 Å². The minimum atomic E-state index is -0.465. The van der Waals surface area contributed by atoms with Gasteiger partial charge in [0.25, 0.3) is 0 Å². The van der Waals surface area contributed by atoms with Crippen molar-refractivity contribution in [2.24, 2.45) is 5.92 Å². The lowest BCUT2D eigenvalue weighted by Gasteiger charge is -2.31. The van der Waals surface area contributed by atoms with Gasteiger partial charge in [-0.3, -0.25) is 10.1 Å². The number of nitrogens with one attached hydrogen (secondary N) is 1. The van der Waals surface area contributed by atoms with Crippen molar-refractivity contribution < 1.29 is 4.39 Å². The number of fused-ring (bicyclic) bond motifs is 1. The third kappa shape index (κ3) is 4.38. The molecule has 3 nitrogen and oxygen atoms in total. The van der Waals surface area contributed by atoms with E-state index in [1.807, 2.05) is 24.3 Å². The molecule has 1 aliphatic carbocycles. The molecule has 0 radical (unpaired) electrons. The second-order valence-corrected chi connectivity index (χ2v) is 9.29. The Morgan fingerprint density at radius 1 is 0.778 bits per heavy atom. The van der Waals surface area contributed by atoms with Crippen LogP contribution in [0.2, 0.25) is 0 Å². The van der Waals surface area contributed by atoms with Gasteiger partial charge in [0.15, 0.2) is 0 Å². The van der Waals surface area contributed by atoms with Crippen LogP contribution in [0.1, 0.15) is 47.1 Å². The van der Waals surface area contributed by atoms with E-state index in [2.05, 4.69) is 88.0 Å². The van der Waals surface area contributed by atoms with E-state index in [0.717, 1.165) is 27.8 Å². The van der Waals surface area contributed by atoms with Crippen LogP contribution < -0.4 is 0 Å². The van der Waals surface area contributed by atoms with Crippen molar-refractivity contribution >= 4 is 34.2 Å². The monoisotopic (exact) mass is 471 g/mol. The number of pyridine rings is 1. The van der Waals surface area contributed by atoms with E-state index in [4.69, 9.17) is 0 Å². The van der Waals surface area contributed by atoms with Crippen LogP contribution in [0, 0.1) is 11.9 Å². The molecule has 2 heterocycles. The predicted octanol–water partition coefficient (Wildman–Crippen LogP) is 8.03. The molecule has 0 aliphatic heterocycles. The van der Waals surface area contributed by atoms with Gasteiger partial charge in [0.1, 0.15) is 0 Å². The molecule has 5 aromatic rings. The Bertz CT molecular complexity index is 1540. The zero-order chi connectivity index (χ0) is 24.3. The second-order valence-electron chi connectivity index (χ2n) is 9.29. The molecule has 1 fully saturated rings. The highest BCUT2D eigenvalue weighted by Gasteiger charge is 2.27. The van der Waals surface area contributed by atoms with Gasteiger partial charge in [0, 0.05) is 12.4 Å². The molecule has 0 unspecified atom stereocenters. The smallest absolute Gasteiger partial charge is 0.240 e. The molecule has 3 aromatic carbocycles. The zero-order valence-corrected chi connectivity index (χ0v) is 19.9. The van der Waals surface area contributed by atoms with Crippen LogP contribution >= 0.6 is 0 Å². The molecule has 0 saturated heterocycles. The van der Waals surface area contributed by atoms with Crippen LogP contribution in [0.15, 0.2) is 97.3 Å². The van der Waals surface area contributed by atoms with Crippen molar-refractivity contribution in [1.29, 1.82) is 0 Å². The fourth-order valence-corrected chi connectivity index (χ4v) is 4.94. The van der Waals surface area contributed by atoms with Crippen LogP contribution in [0.25, 0.3) is 34.2 Å². The Kier molecular flexibility index (Phi) is 6.00. The lowest BCUT2D eigenvalue weighted by atomic mass is 9.73. The van der Waals surface area contributed by atoms with E-state index in [1.54, 1.807) is 12.4 Å². The number of hydrogen-bond donors (Lipinski definition) is 1. The maximum atomic E-state index is 14.5. The van der Waals surface area contributed by atoms with Crippen molar-refractivity contribution in [3.63, 3.8) is 0 Å². The summed E-state index contributed by atoms with van der Waals surface area (Å²) in [6.07, 6.45) is 11.4. The molecule has 176 valence electrons. The van der Waals surface area contributed by atoms with Crippen molar-refractivity contribution in [3.8, 4) is 0 Å². The Hall–Kier alpha value is -4.31. The SMILES string of the molecule is Fc1n[nH]c2ccc(/C(=C(/c3ccccc3)C3CCC3)c3ccc(/C=C/c4ccncc4)cc3)cc12. The molecule has 1 N–H and O–H groups in total. The van der Waals surface area contributed by atoms with Crippen molar-refractivity contribution in [3.05, 3.63) is 131 Å². The minimum Gasteiger partial charge on any atom is -0.275 e. The van der Waals surface area contributed by atoms with Gasteiger partial charge in [-0.25, -0.2) is 0 Å². The van der Waals surface area contributed by atoms with Crippen LogP contribution in [-0.2, 0) is 0 Å². The summed E-state index contributed by atoms with van der Waals surface area (Å²) in [5.74, 6) is 0.0197. The third-order valence-electron chi connectivity index (χ3n) is 7.05. The highest BCUT2D eigenvalue weighted by atomic mass is 19.1. The maximum Gasteiger partial charge on any atom is 0.240 e. The molecule has 36 heavy (non-hydrogen) atoms. The van der Waals surface area contributed by atoms with Gasteiger partial charge in [0.2, 0.25) is 5.95 Å². The number of nitrogens with zero attached hydrogens (tertiary/aromatic N) is 2. The van der Waals surface area contributed by atoms with Gasteiger partial charge in [0.05, 0.1) is 10.9 Å². The molecule has 6 rings (SSSR count). The number of aromatic amines is 1. The summed E-state index contributed by atoms with van der Waals surface area (Å²) in [6.45, 7) is 0. The average Bonchev–Trinajstić information content (AvgIpc) is 3.28. The minimum absolute atomic E-state index is 0.465. The zero-order valence-electron chi connectivity index (χ0n) is 19.9. The lowest BCUT2D eigenvalue weighted by molar-refractivity contribution is 0.401. The van der Waals surface area contributed by atoms with Crippen LogP contribution in [0.3, 0.4) is 0 Å². The molecule has 2 aromatic heterocycles. The third-order valence-corrected chi connectivity index (χ3v) is 7.05. The van der Waals surface area contributed by atoms with E-state index < -0.39 is 5.95 Å². The second kappa shape index (κ2) is 9.74. The van der Waals surface area contributed by atoms with E-state index in [-0.39, 0.29) is 0 Å². The van der Waals surface area contributed by atoms with Gasteiger partial charge in [-0.2, -0.15) is 4.39 Å². The fourth-order valence-electron chi connectivity index (χ4n) is 4.94. The topological polar surface area (TPSA) is 41.6 Å². The summed E-state index contributed by atoms with van der Waals surface area (Å²) < 4.78 is 14.5. The Balaban J connectivity index is 1.49. The summed E-state index contributed by atoms with van der Waals surface area (Å²) in [6, 6.07) is 29.2. The van der Waals surface area contributed by atoms with Crippen molar-refractivity contribution in [1.82, 2.24) is 15.2 Å². The largest absolute Gasteiger partial charge is 0.275 e. The van der Waals surface area contributed by atoms with Gasteiger partial charge >= 0.3 is 0 Å².